The van der Waals surface area contributed by atoms with Gasteiger partial charge in [-0.15, -0.1) is 0 Å². The van der Waals surface area contributed by atoms with Crippen LogP contribution in [0.5, 0.6) is 0 Å². The molecule has 1 saturated heterocycles. The number of aliphatic hydroxyl groups is 1. The lowest BCUT2D eigenvalue weighted by Gasteiger charge is -2.53. The van der Waals surface area contributed by atoms with Crippen LogP contribution < -0.4 is 5.73 Å². The predicted octanol–water partition coefficient (Wildman–Crippen LogP) is 6.17. The number of amides is 1. The largest absolute Gasteiger partial charge is 0.509 e. The zero-order valence-corrected chi connectivity index (χ0v) is 24.1. The standard InChI is InChI=1S/C10H21NO3.C10H18O3.I2/c1-8(2,9(3,4)13)10(5,6)14-7(11)12;1-8(2)9(3,4)12-7(11)13-10(8,5)6;1-2/h13H,1-6H3,(H2,11,12);1-6H3;. The lowest BCUT2D eigenvalue weighted by atomic mass is 9.66. The van der Waals surface area contributed by atoms with Crippen molar-refractivity contribution in [1.82, 2.24) is 0 Å². The van der Waals surface area contributed by atoms with E-state index < -0.39 is 40.1 Å². The van der Waals surface area contributed by atoms with E-state index in [2.05, 4.69) is 37.2 Å². The Hall–Kier alpha value is -0.0400. The Kier molecular flexibility index (Phi) is 10.8. The highest BCUT2D eigenvalue weighted by atomic mass is 128. The van der Waals surface area contributed by atoms with Crippen molar-refractivity contribution in [2.75, 3.05) is 0 Å². The molecule has 0 aromatic rings. The topological polar surface area (TPSA) is 108 Å². The number of hydrogen-bond donors (Lipinski definition) is 2. The highest BCUT2D eigenvalue weighted by molar-refractivity contribution is 15.0. The molecule has 1 fully saturated rings. The Morgan fingerprint density at radius 2 is 1.24 bits per heavy atom. The molecule has 0 saturated carbocycles. The van der Waals surface area contributed by atoms with Crippen molar-refractivity contribution in [3.05, 3.63) is 0 Å². The average Bonchev–Trinajstić information content (AvgIpc) is 2.44. The molecule has 0 spiro atoms. The van der Waals surface area contributed by atoms with Crippen molar-refractivity contribution in [2.45, 2.75) is 105 Å². The molecular weight excluding hydrogens is 604 g/mol. The Bertz CT molecular complexity index is 556. The second kappa shape index (κ2) is 10.1. The zero-order valence-electron chi connectivity index (χ0n) is 19.8. The molecule has 174 valence electrons. The maximum Gasteiger partial charge on any atom is 0.509 e. The minimum atomic E-state index is -0.966. The summed E-state index contributed by atoms with van der Waals surface area (Å²) in [6.07, 6.45) is -1.40. The minimum Gasteiger partial charge on any atom is -0.443 e. The molecule has 1 heterocycles. The molecule has 1 aliphatic rings. The Balaban J connectivity index is 0. The number of carbonyl (C=O) groups excluding carboxylic acids is 2. The third-order valence-corrected chi connectivity index (χ3v) is 7.08. The number of cyclic esters (lactones) is 2. The van der Waals surface area contributed by atoms with Crippen molar-refractivity contribution >= 4 is 49.5 Å². The van der Waals surface area contributed by atoms with Gasteiger partial charge in [-0.2, -0.15) is 0 Å². The second-order valence-electron chi connectivity index (χ2n) is 10.2. The molecular formula is C20H39I2NO6. The summed E-state index contributed by atoms with van der Waals surface area (Å²) >= 11 is 4.24. The van der Waals surface area contributed by atoms with Gasteiger partial charge in [-0.1, -0.05) is 27.7 Å². The van der Waals surface area contributed by atoms with E-state index in [9.17, 15) is 14.7 Å². The van der Waals surface area contributed by atoms with E-state index in [4.69, 9.17) is 19.9 Å². The first-order chi connectivity index (χ1) is 12.5. The smallest absolute Gasteiger partial charge is 0.443 e. The van der Waals surface area contributed by atoms with Gasteiger partial charge in [0, 0.05) is 48.1 Å². The molecule has 29 heavy (non-hydrogen) atoms. The van der Waals surface area contributed by atoms with E-state index in [1.54, 1.807) is 27.7 Å². The number of primary amides is 1. The number of hydrogen-bond acceptors (Lipinski definition) is 6. The van der Waals surface area contributed by atoms with Gasteiger partial charge in [0.05, 0.1) is 5.60 Å². The average molecular weight is 643 g/mol. The number of rotatable bonds is 3. The van der Waals surface area contributed by atoms with Crippen molar-refractivity contribution < 1.29 is 28.9 Å². The highest BCUT2D eigenvalue weighted by Gasteiger charge is 2.57. The normalized spacial score (nSPS) is 19.9. The van der Waals surface area contributed by atoms with Crippen molar-refractivity contribution in [1.29, 1.82) is 0 Å². The Labute approximate surface area is 199 Å². The fraction of sp³-hybridized carbons (Fsp3) is 0.900. The molecule has 0 aromatic heterocycles. The van der Waals surface area contributed by atoms with Crippen LogP contribution in [-0.4, -0.2) is 39.8 Å². The molecule has 1 amide bonds. The SMILES string of the molecule is CC(C)(O)C(C)(C)C(C)(C)OC(N)=O.CC1(C)OC(=O)OC(C)(C)C1(C)C.II. The van der Waals surface area contributed by atoms with E-state index in [1.807, 2.05) is 55.4 Å². The van der Waals surface area contributed by atoms with Crippen LogP contribution in [0.2, 0.25) is 0 Å². The van der Waals surface area contributed by atoms with Crippen LogP contribution in [0, 0.1) is 10.8 Å². The van der Waals surface area contributed by atoms with E-state index in [-0.39, 0.29) is 5.41 Å². The van der Waals surface area contributed by atoms with Crippen LogP contribution in [0.15, 0.2) is 0 Å². The van der Waals surface area contributed by atoms with Crippen molar-refractivity contribution in [2.24, 2.45) is 16.6 Å². The zero-order chi connectivity index (χ0) is 24.3. The molecule has 0 aromatic carbocycles. The van der Waals surface area contributed by atoms with Gasteiger partial charge in [0.25, 0.3) is 0 Å². The number of ether oxygens (including phenoxy) is 3. The van der Waals surface area contributed by atoms with Gasteiger partial charge in [0.15, 0.2) is 0 Å². The number of carbonyl (C=O) groups is 2. The third kappa shape index (κ3) is 7.26. The summed E-state index contributed by atoms with van der Waals surface area (Å²) in [5.74, 6) is 0. The first-order valence-electron chi connectivity index (χ1n) is 9.29. The molecule has 1 aliphatic heterocycles. The summed E-state index contributed by atoms with van der Waals surface area (Å²) in [6, 6.07) is 0. The molecule has 3 N–H and O–H groups in total. The van der Waals surface area contributed by atoms with Crippen LogP contribution in [-0.2, 0) is 14.2 Å². The summed E-state index contributed by atoms with van der Waals surface area (Å²) < 4.78 is 15.3. The highest BCUT2D eigenvalue weighted by Crippen LogP contribution is 2.48. The molecule has 0 atom stereocenters. The van der Waals surface area contributed by atoms with Gasteiger partial charge in [0.1, 0.15) is 16.8 Å². The molecule has 0 radical (unpaired) electrons. The van der Waals surface area contributed by atoms with E-state index >= 15 is 0 Å². The summed E-state index contributed by atoms with van der Waals surface area (Å²) in [5.41, 5.74) is 1.38. The Morgan fingerprint density at radius 3 is 1.48 bits per heavy atom. The van der Waals surface area contributed by atoms with Crippen molar-refractivity contribution in [3.63, 3.8) is 0 Å². The minimum absolute atomic E-state index is 0.214. The monoisotopic (exact) mass is 643 g/mol. The van der Waals surface area contributed by atoms with Crippen LogP contribution in [0.4, 0.5) is 9.59 Å². The predicted molar refractivity (Wildman–Crippen MR) is 132 cm³/mol. The molecule has 0 aliphatic carbocycles. The molecule has 9 heteroatoms. The van der Waals surface area contributed by atoms with Gasteiger partial charge >= 0.3 is 12.2 Å². The lowest BCUT2D eigenvalue weighted by molar-refractivity contribution is -0.218. The van der Waals surface area contributed by atoms with Gasteiger partial charge in [-0.05, 0) is 55.4 Å². The Morgan fingerprint density at radius 1 is 0.931 bits per heavy atom. The van der Waals surface area contributed by atoms with Crippen LogP contribution in [0.25, 0.3) is 0 Å². The summed E-state index contributed by atoms with van der Waals surface area (Å²) in [5, 5.41) is 9.96. The first-order valence-corrected chi connectivity index (χ1v) is 15.6. The summed E-state index contributed by atoms with van der Waals surface area (Å²) in [7, 11) is 0. The fourth-order valence-electron chi connectivity index (χ4n) is 2.53. The van der Waals surface area contributed by atoms with Gasteiger partial charge in [-0.25, -0.2) is 9.59 Å². The number of nitrogens with two attached hydrogens (primary N) is 1. The third-order valence-electron chi connectivity index (χ3n) is 7.08. The van der Waals surface area contributed by atoms with Crippen molar-refractivity contribution in [3.8, 4) is 0 Å². The van der Waals surface area contributed by atoms with Gasteiger partial charge < -0.3 is 25.1 Å². The second-order valence-corrected chi connectivity index (χ2v) is 10.2. The van der Waals surface area contributed by atoms with E-state index in [0.29, 0.717) is 0 Å². The molecule has 0 unspecified atom stereocenters. The van der Waals surface area contributed by atoms with Gasteiger partial charge in [0.2, 0.25) is 0 Å². The van der Waals surface area contributed by atoms with Crippen LogP contribution >= 0.6 is 37.2 Å². The molecule has 7 nitrogen and oxygen atoms in total. The van der Waals surface area contributed by atoms with Crippen LogP contribution in [0.1, 0.15) is 83.1 Å². The van der Waals surface area contributed by atoms with Crippen LogP contribution in [0.3, 0.4) is 0 Å². The molecule has 1 rings (SSSR count). The van der Waals surface area contributed by atoms with Gasteiger partial charge in [-0.3, -0.25) is 0 Å². The lowest BCUT2D eigenvalue weighted by Crippen LogP contribution is -2.61. The maximum atomic E-state index is 11.1. The number of halogens is 2. The first kappa shape index (κ1) is 31.1. The quantitative estimate of drug-likeness (QED) is 0.282. The van der Waals surface area contributed by atoms with E-state index in [1.165, 1.54) is 0 Å². The summed E-state index contributed by atoms with van der Waals surface area (Å²) in [4.78, 5) is 21.8. The molecule has 0 bridgehead atoms. The maximum absolute atomic E-state index is 11.1. The fourth-order valence-corrected chi connectivity index (χ4v) is 2.53. The summed E-state index contributed by atoms with van der Waals surface area (Å²) in [6.45, 7) is 22.2. The van der Waals surface area contributed by atoms with E-state index in [0.717, 1.165) is 0 Å².